The number of hydrogen-bond donors (Lipinski definition) is 2. The van der Waals surface area contributed by atoms with E-state index in [2.05, 4.69) is 195 Å². The maximum atomic E-state index is 7.01. The van der Waals surface area contributed by atoms with Gasteiger partial charge >= 0.3 is 0 Å². The summed E-state index contributed by atoms with van der Waals surface area (Å²) >= 11 is 0. The van der Waals surface area contributed by atoms with Crippen LogP contribution in [0.3, 0.4) is 0 Å². The molecule has 0 saturated carbocycles. The van der Waals surface area contributed by atoms with Crippen molar-refractivity contribution < 1.29 is 0 Å². The van der Waals surface area contributed by atoms with Crippen molar-refractivity contribution in [3.05, 3.63) is 153 Å². The van der Waals surface area contributed by atoms with Gasteiger partial charge < -0.3 is 11.5 Å². The summed E-state index contributed by atoms with van der Waals surface area (Å²) in [6, 6.07) is 35.6. The largest absolute Gasteiger partial charge is 0.410 e. The molecule has 0 fully saturated rings. The van der Waals surface area contributed by atoms with Crippen molar-refractivity contribution in [3.8, 4) is 0 Å². The fourth-order valence-corrected chi connectivity index (χ4v) is 6.57. The molecule has 0 aliphatic heterocycles. The van der Waals surface area contributed by atoms with Crippen molar-refractivity contribution in [2.24, 2.45) is 11.5 Å². The molecule has 4 rings (SSSR count). The van der Waals surface area contributed by atoms with Crippen LogP contribution in [-0.4, -0.2) is 14.6 Å². The Balaban J connectivity index is 1.56. The molecule has 0 unspecified atom stereocenters. The second kappa shape index (κ2) is 16.4. The first-order valence-electron chi connectivity index (χ1n) is 19.3. The van der Waals surface area contributed by atoms with Crippen molar-refractivity contribution in [1.29, 1.82) is 0 Å². The molecule has 0 spiro atoms. The van der Waals surface area contributed by atoms with E-state index in [1.165, 1.54) is 22.3 Å². The highest BCUT2D eigenvalue weighted by molar-refractivity contribution is 6.48. The Kier molecular flexibility index (Phi) is 12.9. The lowest BCUT2D eigenvalue weighted by Crippen LogP contribution is -2.15. The Morgan fingerprint density at radius 3 is 0.846 bits per heavy atom. The first-order chi connectivity index (χ1) is 24.2. The highest BCUT2D eigenvalue weighted by Crippen LogP contribution is 2.34. The van der Waals surface area contributed by atoms with Gasteiger partial charge in [0.25, 0.3) is 0 Å². The summed E-state index contributed by atoms with van der Waals surface area (Å²) in [5.74, 6) is 0. The van der Waals surface area contributed by atoms with Crippen LogP contribution in [0.2, 0.25) is 12.6 Å². The van der Waals surface area contributed by atoms with Crippen LogP contribution in [0.25, 0.3) is 11.1 Å². The minimum Gasteiger partial charge on any atom is -0.410 e. The Morgan fingerprint density at radius 2 is 0.635 bits per heavy atom. The van der Waals surface area contributed by atoms with Gasteiger partial charge in [0.05, 0.1) is 0 Å². The number of hydrogen-bond acceptors (Lipinski definition) is 2. The second-order valence-corrected chi connectivity index (χ2v) is 18.7. The third-order valence-corrected chi connectivity index (χ3v) is 10.0. The van der Waals surface area contributed by atoms with E-state index < -0.39 is 0 Å². The van der Waals surface area contributed by atoms with Gasteiger partial charge in [0.2, 0.25) is 0 Å². The fourth-order valence-electron chi connectivity index (χ4n) is 6.57. The normalized spacial score (nSPS) is 12.3. The van der Waals surface area contributed by atoms with Crippen LogP contribution in [0.1, 0.15) is 140 Å². The zero-order valence-electron chi connectivity index (χ0n) is 34.4. The summed E-state index contributed by atoms with van der Waals surface area (Å²) in [5.41, 5.74) is 27.9. The van der Waals surface area contributed by atoms with Gasteiger partial charge in [-0.1, -0.05) is 206 Å². The molecule has 0 aliphatic rings. The molecule has 0 bridgehead atoms. The fraction of sp³-hybridized carbons (Fsp3) is 0.417. The number of unbranched alkanes of at least 4 members (excludes halogenated alkanes) is 1. The van der Waals surface area contributed by atoms with Crippen LogP contribution < -0.4 is 11.5 Å². The molecule has 272 valence electrons. The summed E-state index contributed by atoms with van der Waals surface area (Å²) in [5, 5.41) is 0. The van der Waals surface area contributed by atoms with E-state index in [4.69, 9.17) is 11.5 Å². The van der Waals surface area contributed by atoms with Gasteiger partial charge in [0, 0.05) is 0 Å². The van der Waals surface area contributed by atoms with Gasteiger partial charge in [-0.3, -0.25) is 0 Å². The molecule has 4 aromatic rings. The van der Waals surface area contributed by atoms with Gasteiger partial charge in [0.1, 0.15) is 0 Å². The maximum absolute atomic E-state index is 7.01. The smallest absolute Gasteiger partial charge is 0.174 e. The second-order valence-electron chi connectivity index (χ2n) is 18.7. The summed E-state index contributed by atoms with van der Waals surface area (Å²) in [7, 11) is 4.45. The minimum absolute atomic E-state index is 0.0459. The van der Waals surface area contributed by atoms with Crippen LogP contribution >= 0.6 is 0 Å². The molecule has 4 N–H and O–H groups in total. The molecule has 4 aromatic carbocycles. The number of benzene rings is 4. The molecule has 0 saturated heterocycles. The van der Waals surface area contributed by atoms with E-state index in [-0.39, 0.29) is 21.7 Å². The van der Waals surface area contributed by atoms with Gasteiger partial charge in [-0.2, -0.15) is 0 Å². The standard InChI is InChI=1S/C48H64B2N2/c1-45(2,3)37-23-15-19-33(29-37)41(34-20-16-24-38(30-34)46(4,5)6)43(51)49-27-13-14-28-50-44(52)42(35-21-17-25-39(31-35)47(7,8)9)36-22-18-26-40(32-36)48(10,11)12/h15-26,29-32H,13-14,27-28,51-52H2,1-12H3. The first-order valence-corrected chi connectivity index (χ1v) is 19.3. The molecule has 0 atom stereocenters. The summed E-state index contributed by atoms with van der Waals surface area (Å²) in [4.78, 5) is 0. The Bertz CT molecular complexity index is 1630. The Labute approximate surface area is 319 Å². The molecule has 0 heterocycles. The van der Waals surface area contributed by atoms with E-state index in [9.17, 15) is 0 Å². The highest BCUT2D eigenvalue weighted by atomic mass is 14.5. The number of rotatable bonds is 11. The van der Waals surface area contributed by atoms with Gasteiger partial charge in [-0.25, -0.2) is 0 Å². The van der Waals surface area contributed by atoms with Crippen molar-refractivity contribution in [1.82, 2.24) is 0 Å². The Hall–Kier alpha value is -3.91. The van der Waals surface area contributed by atoms with Crippen LogP contribution in [0.4, 0.5) is 0 Å². The van der Waals surface area contributed by atoms with E-state index in [1.807, 2.05) is 0 Å². The molecular weight excluding hydrogens is 626 g/mol. The molecular formula is C48H64B2N2. The first kappa shape index (κ1) is 40.9. The average molecular weight is 691 g/mol. The van der Waals surface area contributed by atoms with Gasteiger partial charge in [0.15, 0.2) is 14.6 Å². The van der Waals surface area contributed by atoms with Crippen molar-refractivity contribution >= 4 is 25.7 Å². The van der Waals surface area contributed by atoms with Crippen molar-refractivity contribution in [3.63, 3.8) is 0 Å². The van der Waals surface area contributed by atoms with E-state index in [1.54, 1.807) is 0 Å². The van der Waals surface area contributed by atoms with Crippen molar-refractivity contribution in [2.45, 2.75) is 130 Å². The SMILES string of the molecule is CC(C)(C)c1cccc(C(=C(N)[B]CCCC[B]C(N)=C(c2cccc(C(C)(C)C)c2)c2cccc(C(C)(C)C)c2)c2cccc(C(C)(C)C)c2)c1. The van der Waals surface area contributed by atoms with Crippen LogP contribution in [-0.2, 0) is 21.7 Å². The molecule has 0 aliphatic carbocycles. The zero-order chi connectivity index (χ0) is 38.5. The molecule has 0 aromatic heterocycles. The topological polar surface area (TPSA) is 52.0 Å². The quantitative estimate of drug-likeness (QED) is 0.122. The van der Waals surface area contributed by atoms with Gasteiger partial charge in [-0.05, 0) is 88.5 Å². The number of nitrogens with two attached hydrogens (primary N) is 2. The minimum atomic E-state index is 0.0459. The summed E-state index contributed by atoms with van der Waals surface area (Å²) in [6.45, 7) is 27.2. The Morgan fingerprint density at radius 1 is 0.404 bits per heavy atom. The highest BCUT2D eigenvalue weighted by Gasteiger charge is 2.21. The lowest BCUT2D eigenvalue weighted by molar-refractivity contribution is 0.589. The van der Waals surface area contributed by atoms with E-state index in [0.717, 1.165) is 70.1 Å². The predicted molar refractivity (Wildman–Crippen MR) is 231 cm³/mol. The third-order valence-electron chi connectivity index (χ3n) is 10.0. The van der Waals surface area contributed by atoms with Crippen LogP contribution in [0.5, 0.6) is 0 Å². The van der Waals surface area contributed by atoms with Crippen LogP contribution in [0, 0.1) is 0 Å². The molecule has 4 heteroatoms. The van der Waals surface area contributed by atoms with Crippen LogP contribution in [0.15, 0.2) is 108 Å². The molecule has 2 nitrogen and oxygen atoms in total. The van der Waals surface area contributed by atoms with E-state index in [0.29, 0.717) is 0 Å². The molecule has 52 heavy (non-hydrogen) atoms. The third kappa shape index (κ3) is 10.8. The van der Waals surface area contributed by atoms with Crippen molar-refractivity contribution in [2.75, 3.05) is 0 Å². The predicted octanol–water partition coefficient (Wildman–Crippen LogP) is 12.0. The zero-order valence-corrected chi connectivity index (χ0v) is 34.4. The van der Waals surface area contributed by atoms with E-state index >= 15 is 0 Å². The average Bonchev–Trinajstić information content (AvgIpc) is 3.05. The monoisotopic (exact) mass is 691 g/mol. The molecule has 0 amide bonds. The summed E-state index contributed by atoms with van der Waals surface area (Å²) < 4.78 is 0. The summed E-state index contributed by atoms with van der Waals surface area (Å²) in [6.07, 6.45) is 3.85. The molecule has 2 radical (unpaired) electrons. The maximum Gasteiger partial charge on any atom is 0.174 e. The van der Waals surface area contributed by atoms with Gasteiger partial charge in [-0.15, -0.1) is 0 Å². The lowest BCUT2D eigenvalue weighted by Gasteiger charge is -2.23. The lowest BCUT2D eigenvalue weighted by atomic mass is 9.63.